The normalized spacial score (nSPS) is 12.1. The lowest BCUT2D eigenvalue weighted by molar-refractivity contribution is -0.486. The van der Waals surface area contributed by atoms with Crippen molar-refractivity contribution in [1.29, 1.82) is 0 Å². The molecule has 0 aliphatic heterocycles. The number of esters is 1. The van der Waals surface area contributed by atoms with Crippen LogP contribution in [-0.4, -0.2) is 24.5 Å². The van der Waals surface area contributed by atoms with Gasteiger partial charge in [0.15, 0.2) is 0 Å². The number of nitro groups is 1. The van der Waals surface area contributed by atoms with Gasteiger partial charge in [-0.3, -0.25) is 14.9 Å². The first kappa shape index (κ1) is 15.9. The molecule has 0 saturated carbocycles. The Morgan fingerprint density at radius 1 is 1.24 bits per heavy atom. The van der Waals surface area contributed by atoms with E-state index in [1.807, 2.05) is 0 Å². The molecule has 0 aromatic carbocycles. The third-order valence-electron chi connectivity index (χ3n) is 2.81. The van der Waals surface area contributed by atoms with Gasteiger partial charge in [-0.1, -0.05) is 45.4 Å². The zero-order valence-electron chi connectivity index (χ0n) is 10.8. The van der Waals surface area contributed by atoms with Gasteiger partial charge < -0.3 is 4.74 Å². The number of unbranched alkanes of at least 4 members (excludes halogenated alkanes) is 5. The van der Waals surface area contributed by atoms with E-state index in [2.05, 4.69) is 11.7 Å². The smallest absolute Gasteiger partial charge is 0.315 e. The van der Waals surface area contributed by atoms with Crippen molar-refractivity contribution in [3.63, 3.8) is 0 Å². The topological polar surface area (TPSA) is 69.4 Å². The SMILES string of the molecule is CCCCCCCCC(C[N+](=O)[O-])C(=O)OC. The minimum absolute atomic E-state index is 0.318. The van der Waals surface area contributed by atoms with E-state index < -0.39 is 16.8 Å². The minimum Gasteiger partial charge on any atom is -0.469 e. The summed E-state index contributed by atoms with van der Waals surface area (Å²) in [7, 11) is 1.27. The summed E-state index contributed by atoms with van der Waals surface area (Å²) in [5.41, 5.74) is 0. The van der Waals surface area contributed by atoms with Gasteiger partial charge in [0.1, 0.15) is 5.92 Å². The molecule has 0 N–H and O–H groups in total. The van der Waals surface area contributed by atoms with Crippen LogP contribution >= 0.6 is 0 Å². The summed E-state index contributed by atoms with van der Waals surface area (Å²) >= 11 is 0. The van der Waals surface area contributed by atoms with Crippen LogP contribution < -0.4 is 0 Å². The van der Waals surface area contributed by atoms with E-state index in [0.29, 0.717) is 6.42 Å². The Kier molecular flexibility index (Phi) is 9.38. The highest BCUT2D eigenvalue weighted by atomic mass is 16.6. The molecular formula is C12H23NO4. The molecule has 1 unspecified atom stereocenters. The molecule has 5 heteroatoms. The molecular weight excluding hydrogens is 222 g/mol. The third-order valence-corrected chi connectivity index (χ3v) is 2.81. The van der Waals surface area contributed by atoms with E-state index in [1.54, 1.807) is 0 Å². The van der Waals surface area contributed by atoms with Crippen molar-refractivity contribution < 1.29 is 14.5 Å². The lowest BCUT2D eigenvalue weighted by Crippen LogP contribution is -2.24. The van der Waals surface area contributed by atoms with Gasteiger partial charge in [-0.05, 0) is 6.42 Å². The highest BCUT2D eigenvalue weighted by molar-refractivity contribution is 5.72. The van der Waals surface area contributed by atoms with Crippen LogP contribution in [0, 0.1) is 16.0 Å². The van der Waals surface area contributed by atoms with E-state index in [9.17, 15) is 14.9 Å². The first-order valence-electron chi connectivity index (χ1n) is 6.31. The molecule has 0 aliphatic carbocycles. The molecule has 1 atom stereocenters. The number of hydrogen-bond donors (Lipinski definition) is 0. The standard InChI is InChI=1S/C12H23NO4/c1-3-4-5-6-7-8-9-11(10-13(15)16)12(14)17-2/h11H,3-10H2,1-2H3. The number of rotatable bonds is 10. The lowest BCUT2D eigenvalue weighted by atomic mass is 10.0. The molecule has 0 heterocycles. The van der Waals surface area contributed by atoms with E-state index >= 15 is 0 Å². The molecule has 5 nitrogen and oxygen atoms in total. The van der Waals surface area contributed by atoms with Gasteiger partial charge >= 0.3 is 5.97 Å². The maximum atomic E-state index is 11.3. The number of nitrogens with zero attached hydrogens (tertiary/aromatic N) is 1. The van der Waals surface area contributed by atoms with E-state index in [1.165, 1.54) is 26.4 Å². The van der Waals surface area contributed by atoms with Crippen LogP contribution in [0.1, 0.15) is 51.9 Å². The first-order valence-corrected chi connectivity index (χ1v) is 6.31. The monoisotopic (exact) mass is 245 g/mol. The fraction of sp³-hybridized carbons (Fsp3) is 0.917. The van der Waals surface area contributed by atoms with E-state index in [4.69, 9.17) is 0 Å². The minimum atomic E-state index is -0.582. The van der Waals surface area contributed by atoms with Crippen molar-refractivity contribution in [2.24, 2.45) is 5.92 Å². The zero-order chi connectivity index (χ0) is 13.1. The first-order chi connectivity index (χ1) is 8.11. The second-order valence-electron chi connectivity index (χ2n) is 4.29. The number of carbonyl (C=O) groups is 1. The van der Waals surface area contributed by atoms with Crippen LogP contribution in [-0.2, 0) is 9.53 Å². The maximum absolute atomic E-state index is 11.3. The van der Waals surface area contributed by atoms with Crippen LogP contribution in [0.15, 0.2) is 0 Å². The molecule has 100 valence electrons. The fourth-order valence-corrected chi connectivity index (χ4v) is 1.80. The third kappa shape index (κ3) is 8.65. The number of ether oxygens (including phenoxy) is 1. The van der Waals surface area contributed by atoms with Crippen molar-refractivity contribution in [2.75, 3.05) is 13.7 Å². The molecule has 0 bridgehead atoms. The van der Waals surface area contributed by atoms with Crippen molar-refractivity contribution in [3.8, 4) is 0 Å². The van der Waals surface area contributed by atoms with Crippen LogP contribution in [0.4, 0.5) is 0 Å². The van der Waals surface area contributed by atoms with Crippen molar-refractivity contribution in [1.82, 2.24) is 0 Å². The predicted molar refractivity (Wildman–Crippen MR) is 65.4 cm³/mol. The van der Waals surface area contributed by atoms with Crippen LogP contribution in [0.3, 0.4) is 0 Å². The molecule has 0 amide bonds. The summed E-state index contributed by atoms with van der Waals surface area (Å²) in [4.78, 5) is 21.2. The highest BCUT2D eigenvalue weighted by Gasteiger charge is 2.24. The van der Waals surface area contributed by atoms with Crippen LogP contribution in [0.5, 0.6) is 0 Å². The summed E-state index contributed by atoms with van der Waals surface area (Å²) < 4.78 is 4.57. The highest BCUT2D eigenvalue weighted by Crippen LogP contribution is 2.14. The average molecular weight is 245 g/mol. The Morgan fingerprint density at radius 3 is 2.35 bits per heavy atom. The van der Waals surface area contributed by atoms with Gasteiger partial charge in [0, 0.05) is 4.92 Å². The molecule has 0 radical (unpaired) electrons. The number of carbonyl (C=O) groups excluding carboxylic acids is 1. The van der Waals surface area contributed by atoms with Crippen molar-refractivity contribution >= 4 is 5.97 Å². The second kappa shape index (κ2) is 10.1. The molecule has 0 aromatic rings. The summed E-state index contributed by atoms with van der Waals surface area (Å²) in [6, 6.07) is 0. The Bertz CT molecular complexity index is 231. The molecule has 0 aliphatic rings. The molecule has 0 spiro atoms. The maximum Gasteiger partial charge on any atom is 0.315 e. The number of methoxy groups -OCH3 is 1. The van der Waals surface area contributed by atoms with Gasteiger partial charge in [0.05, 0.1) is 7.11 Å². The summed E-state index contributed by atoms with van der Waals surface area (Å²) in [5, 5.41) is 10.4. The van der Waals surface area contributed by atoms with Crippen molar-refractivity contribution in [2.45, 2.75) is 51.9 Å². The Labute approximate surface area is 103 Å². The van der Waals surface area contributed by atoms with E-state index in [0.717, 1.165) is 19.3 Å². The Hall–Kier alpha value is -1.13. The second-order valence-corrected chi connectivity index (χ2v) is 4.29. The average Bonchev–Trinajstić information content (AvgIpc) is 2.30. The Morgan fingerprint density at radius 2 is 1.82 bits per heavy atom. The zero-order valence-corrected chi connectivity index (χ0v) is 10.8. The molecule has 0 aromatic heterocycles. The molecule has 0 rings (SSSR count). The van der Waals surface area contributed by atoms with Gasteiger partial charge in [0.2, 0.25) is 6.54 Å². The summed E-state index contributed by atoms with van der Waals surface area (Å²) in [6.45, 7) is 1.84. The molecule has 0 fully saturated rings. The lowest BCUT2D eigenvalue weighted by Gasteiger charge is -2.10. The number of hydrogen-bond acceptors (Lipinski definition) is 4. The van der Waals surface area contributed by atoms with Crippen LogP contribution in [0.2, 0.25) is 0 Å². The van der Waals surface area contributed by atoms with Crippen molar-refractivity contribution in [3.05, 3.63) is 10.1 Å². The largest absolute Gasteiger partial charge is 0.469 e. The Balaban J connectivity index is 3.76. The molecule has 17 heavy (non-hydrogen) atoms. The van der Waals surface area contributed by atoms with E-state index in [-0.39, 0.29) is 6.54 Å². The van der Waals surface area contributed by atoms with Gasteiger partial charge in [-0.15, -0.1) is 0 Å². The van der Waals surface area contributed by atoms with Gasteiger partial charge in [-0.25, -0.2) is 0 Å². The van der Waals surface area contributed by atoms with Gasteiger partial charge in [-0.2, -0.15) is 0 Å². The quantitative estimate of drug-likeness (QED) is 0.257. The summed E-state index contributed by atoms with van der Waals surface area (Å²) in [5.74, 6) is -1.04. The summed E-state index contributed by atoms with van der Waals surface area (Å²) in [6.07, 6.45) is 7.22. The molecule has 0 saturated heterocycles. The van der Waals surface area contributed by atoms with Gasteiger partial charge in [0.25, 0.3) is 0 Å². The van der Waals surface area contributed by atoms with Crippen LogP contribution in [0.25, 0.3) is 0 Å². The fourth-order valence-electron chi connectivity index (χ4n) is 1.80. The predicted octanol–water partition coefficient (Wildman–Crippen LogP) is 2.80.